The van der Waals surface area contributed by atoms with Crippen LogP contribution in [-0.2, 0) is 0 Å². The van der Waals surface area contributed by atoms with E-state index in [4.69, 9.17) is 5.73 Å². The zero-order valence-corrected chi connectivity index (χ0v) is 12.6. The number of piperidine rings is 1. The molecule has 1 saturated heterocycles. The van der Waals surface area contributed by atoms with E-state index < -0.39 is 5.82 Å². The van der Waals surface area contributed by atoms with Crippen molar-refractivity contribution in [1.29, 1.82) is 0 Å². The standard InChI is InChI=1S/C12H15BrFN3O.ClH/c13-10-4-3-9(6-11(10)14)16-12(18)17-5-1-2-8(15)7-17;/h3-4,6,8H,1-2,5,7,15H2,(H,16,18);1H/t8-;/m1./s1. The molecule has 0 unspecified atom stereocenters. The first kappa shape index (κ1) is 16.2. The number of anilines is 1. The Morgan fingerprint density at radius 1 is 1.53 bits per heavy atom. The highest BCUT2D eigenvalue weighted by Crippen LogP contribution is 2.20. The molecule has 7 heteroatoms. The summed E-state index contributed by atoms with van der Waals surface area (Å²) < 4.78 is 13.7. The van der Waals surface area contributed by atoms with Crippen LogP contribution in [0.3, 0.4) is 0 Å². The summed E-state index contributed by atoms with van der Waals surface area (Å²) in [5, 5.41) is 2.67. The van der Waals surface area contributed by atoms with Crippen molar-refractivity contribution in [3.05, 3.63) is 28.5 Å². The molecule has 1 aromatic carbocycles. The van der Waals surface area contributed by atoms with Crippen LogP contribution in [-0.4, -0.2) is 30.1 Å². The highest BCUT2D eigenvalue weighted by molar-refractivity contribution is 9.10. The molecule has 2 amide bonds. The molecule has 2 rings (SSSR count). The van der Waals surface area contributed by atoms with Crippen molar-refractivity contribution in [2.45, 2.75) is 18.9 Å². The molecule has 0 radical (unpaired) electrons. The number of carbonyl (C=O) groups excluding carboxylic acids is 1. The number of urea groups is 1. The third kappa shape index (κ3) is 4.33. The molecule has 0 bridgehead atoms. The van der Waals surface area contributed by atoms with E-state index in [1.807, 2.05) is 0 Å². The van der Waals surface area contributed by atoms with E-state index in [2.05, 4.69) is 21.2 Å². The van der Waals surface area contributed by atoms with Gasteiger partial charge in [-0.25, -0.2) is 9.18 Å². The zero-order valence-electron chi connectivity index (χ0n) is 10.2. The predicted molar refractivity (Wildman–Crippen MR) is 79.1 cm³/mol. The summed E-state index contributed by atoms with van der Waals surface area (Å²) in [6.45, 7) is 1.24. The van der Waals surface area contributed by atoms with Crippen LogP contribution in [0.4, 0.5) is 14.9 Å². The number of amides is 2. The lowest BCUT2D eigenvalue weighted by Gasteiger charge is -2.30. The Hall–Kier alpha value is -0.850. The number of benzene rings is 1. The van der Waals surface area contributed by atoms with Gasteiger partial charge in [0.05, 0.1) is 4.47 Å². The second-order valence-electron chi connectivity index (χ2n) is 4.41. The number of carbonyl (C=O) groups is 1. The van der Waals surface area contributed by atoms with Gasteiger partial charge in [0.1, 0.15) is 5.82 Å². The fourth-order valence-corrected chi connectivity index (χ4v) is 2.22. The second kappa shape index (κ2) is 7.07. The summed E-state index contributed by atoms with van der Waals surface area (Å²) in [7, 11) is 0. The first-order chi connectivity index (χ1) is 8.56. The van der Waals surface area contributed by atoms with Gasteiger partial charge < -0.3 is 16.0 Å². The molecule has 19 heavy (non-hydrogen) atoms. The van der Waals surface area contributed by atoms with Crippen LogP contribution < -0.4 is 11.1 Å². The van der Waals surface area contributed by atoms with Crippen molar-refractivity contribution in [2.75, 3.05) is 18.4 Å². The Balaban J connectivity index is 0.00000180. The maximum atomic E-state index is 13.3. The quantitative estimate of drug-likeness (QED) is 0.816. The summed E-state index contributed by atoms with van der Waals surface area (Å²) >= 11 is 3.07. The number of hydrogen-bond donors (Lipinski definition) is 2. The molecule has 1 aromatic rings. The molecule has 4 nitrogen and oxygen atoms in total. The molecule has 106 valence electrons. The van der Waals surface area contributed by atoms with Gasteiger partial charge in [0, 0.05) is 24.8 Å². The van der Waals surface area contributed by atoms with Crippen molar-refractivity contribution in [1.82, 2.24) is 4.90 Å². The number of nitrogens with two attached hydrogens (primary N) is 1. The fraction of sp³-hybridized carbons (Fsp3) is 0.417. The predicted octanol–water partition coefficient (Wildman–Crippen LogP) is 2.97. The summed E-state index contributed by atoms with van der Waals surface area (Å²) in [6.07, 6.45) is 1.85. The molecule has 1 atom stereocenters. The van der Waals surface area contributed by atoms with Gasteiger partial charge in [-0.05, 0) is 47.0 Å². The minimum Gasteiger partial charge on any atom is -0.326 e. The first-order valence-corrected chi connectivity index (χ1v) is 6.62. The number of likely N-dealkylation sites (tertiary alicyclic amines) is 1. The summed E-state index contributed by atoms with van der Waals surface area (Å²) in [4.78, 5) is 13.6. The molecule has 1 fully saturated rings. The Morgan fingerprint density at radius 3 is 2.89 bits per heavy atom. The van der Waals surface area contributed by atoms with Crippen molar-refractivity contribution in [2.24, 2.45) is 5.73 Å². The highest BCUT2D eigenvalue weighted by Gasteiger charge is 2.21. The van der Waals surface area contributed by atoms with Gasteiger partial charge in [0.15, 0.2) is 0 Å². The van der Waals surface area contributed by atoms with Crippen LogP contribution in [0.5, 0.6) is 0 Å². The largest absolute Gasteiger partial charge is 0.326 e. The van der Waals surface area contributed by atoms with Crippen LogP contribution in [0.15, 0.2) is 22.7 Å². The molecule has 0 spiro atoms. The topological polar surface area (TPSA) is 58.4 Å². The van der Waals surface area contributed by atoms with E-state index in [9.17, 15) is 9.18 Å². The third-order valence-corrected chi connectivity index (χ3v) is 3.56. The second-order valence-corrected chi connectivity index (χ2v) is 5.26. The lowest BCUT2D eigenvalue weighted by atomic mass is 10.1. The van der Waals surface area contributed by atoms with Gasteiger partial charge in [-0.15, -0.1) is 12.4 Å². The monoisotopic (exact) mass is 351 g/mol. The van der Waals surface area contributed by atoms with Crippen LogP contribution in [0.2, 0.25) is 0 Å². The molecule has 0 aromatic heterocycles. The number of nitrogens with one attached hydrogen (secondary N) is 1. The summed E-state index contributed by atoms with van der Waals surface area (Å²) in [5.41, 5.74) is 6.26. The molecule has 0 aliphatic carbocycles. The van der Waals surface area contributed by atoms with Gasteiger partial charge in [0.2, 0.25) is 0 Å². The molecule has 1 aliphatic rings. The highest BCUT2D eigenvalue weighted by atomic mass is 79.9. The molecular weight excluding hydrogens is 337 g/mol. The lowest BCUT2D eigenvalue weighted by Crippen LogP contribution is -2.47. The number of nitrogens with zero attached hydrogens (tertiary/aromatic N) is 1. The average Bonchev–Trinajstić information content (AvgIpc) is 2.34. The smallest absolute Gasteiger partial charge is 0.321 e. The van der Waals surface area contributed by atoms with Crippen LogP contribution in [0.25, 0.3) is 0 Å². The van der Waals surface area contributed by atoms with Gasteiger partial charge in [-0.1, -0.05) is 0 Å². The summed E-state index contributed by atoms with van der Waals surface area (Å²) in [5.74, 6) is -0.400. The van der Waals surface area contributed by atoms with Crippen LogP contribution >= 0.6 is 28.3 Å². The maximum Gasteiger partial charge on any atom is 0.321 e. The molecule has 1 aliphatic heterocycles. The Morgan fingerprint density at radius 2 is 2.26 bits per heavy atom. The Bertz CT molecular complexity index is 461. The van der Waals surface area contributed by atoms with E-state index in [-0.39, 0.29) is 24.5 Å². The van der Waals surface area contributed by atoms with Crippen molar-refractivity contribution >= 4 is 40.1 Å². The number of hydrogen-bond acceptors (Lipinski definition) is 2. The molecule has 3 N–H and O–H groups in total. The first-order valence-electron chi connectivity index (χ1n) is 5.83. The fourth-order valence-electron chi connectivity index (χ4n) is 1.97. The van der Waals surface area contributed by atoms with E-state index in [1.54, 1.807) is 17.0 Å². The third-order valence-electron chi connectivity index (χ3n) is 2.92. The minimum atomic E-state index is -0.400. The Kier molecular flexibility index (Phi) is 6.03. The molecule has 1 heterocycles. The van der Waals surface area contributed by atoms with E-state index in [0.29, 0.717) is 23.2 Å². The summed E-state index contributed by atoms with van der Waals surface area (Å²) in [6, 6.07) is 4.30. The average molecular weight is 353 g/mol. The van der Waals surface area contributed by atoms with Crippen molar-refractivity contribution in [3.63, 3.8) is 0 Å². The van der Waals surface area contributed by atoms with E-state index >= 15 is 0 Å². The van der Waals surface area contributed by atoms with Crippen LogP contribution in [0.1, 0.15) is 12.8 Å². The van der Waals surface area contributed by atoms with Crippen molar-refractivity contribution < 1.29 is 9.18 Å². The van der Waals surface area contributed by atoms with E-state index in [1.165, 1.54) is 6.07 Å². The van der Waals surface area contributed by atoms with Gasteiger partial charge in [0.25, 0.3) is 0 Å². The zero-order chi connectivity index (χ0) is 13.1. The normalized spacial score (nSPS) is 18.7. The molecular formula is C12H16BrClFN3O. The number of rotatable bonds is 1. The number of halogens is 3. The van der Waals surface area contributed by atoms with Crippen LogP contribution in [0, 0.1) is 5.82 Å². The lowest BCUT2D eigenvalue weighted by molar-refractivity contribution is 0.193. The minimum absolute atomic E-state index is 0. The maximum absolute atomic E-state index is 13.3. The molecule has 0 saturated carbocycles. The van der Waals surface area contributed by atoms with Gasteiger partial charge in [-0.2, -0.15) is 0 Å². The van der Waals surface area contributed by atoms with Crippen molar-refractivity contribution in [3.8, 4) is 0 Å². The van der Waals surface area contributed by atoms with Gasteiger partial charge in [-0.3, -0.25) is 0 Å². The van der Waals surface area contributed by atoms with Gasteiger partial charge >= 0.3 is 6.03 Å². The Labute approximate surface area is 126 Å². The SMILES string of the molecule is Cl.N[C@@H]1CCCN(C(=O)Nc2ccc(Br)c(F)c2)C1. The van der Waals surface area contributed by atoms with E-state index in [0.717, 1.165) is 12.8 Å².